The molecular weight excluding hydrogens is 295 g/mol. The molecule has 0 spiro atoms. The van der Waals surface area contributed by atoms with Crippen LogP contribution in [0.2, 0.25) is 0 Å². The summed E-state index contributed by atoms with van der Waals surface area (Å²) in [6.07, 6.45) is -3.72. The van der Waals surface area contributed by atoms with E-state index >= 15 is 0 Å². The average Bonchev–Trinajstić information content (AvgIpc) is 2.53. The van der Waals surface area contributed by atoms with Gasteiger partial charge in [-0.05, 0) is 12.1 Å². The van der Waals surface area contributed by atoms with Crippen LogP contribution in [0.15, 0.2) is 30.3 Å². The third kappa shape index (κ3) is 2.70. The second-order valence-electron chi connectivity index (χ2n) is 5.17. The predicted octanol–water partition coefficient (Wildman–Crippen LogP) is 2.53. The Bertz CT molecular complexity index is 694. The number of aromatic nitrogens is 1. The number of pyridine rings is 1. The van der Waals surface area contributed by atoms with Crippen molar-refractivity contribution in [3.63, 3.8) is 0 Å². The summed E-state index contributed by atoms with van der Waals surface area (Å²) in [5, 5.41) is 0.690. The maximum Gasteiger partial charge on any atom is 0.433 e. The molecule has 1 aromatic carbocycles. The molecule has 1 aliphatic heterocycles. The zero-order valence-electron chi connectivity index (χ0n) is 11.7. The van der Waals surface area contributed by atoms with Crippen LogP contribution in [-0.2, 0) is 11.0 Å². The molecule has 0 aliphatic carbocycles. The quantitative estimate of drug-likeness (QED) is 0.800. The molecule has 0 N–H and O–H groups in total. The highest BCUT2D eigenvalue weighted by molar-refractivity contribution is 5.92. The van der Waals surface area contributed by atoms with Gasteiger partial charge in [0.25, 0.3) is 0 Å². The number of hydrogen-bond donors (Lipinski definition) is 0. The van der Waals surface area contributed by atoms with Gasteiger partial charge in [0, 0.05) is 37.3 Å². The molecule has 1 aliphatic rings. The van der Waals surface area contributed by atoms with Gasteiger partial charge < -0.3 is 9.80 Å². The van der Waals surface area contributed by atoms with Gasteiger partial charge in [-0.15, -0.1) is 0 Å². The Morgan fingerprint density at radius 3 is 2.41 bits per heavy atom. The van der Waals surface area contributed by atoms with E-state index < -0.39 is 11.9 Å². The van der Waals surface area contributed by atoms with Gasteiger partial charge in [-0.2, -0.15) is 13.2 Å². The van der Waals surface area contributed by atoms with E-state index in [2.05, 4.69) is 4.98 Å². The molecule has 4 nitrogen and oxygen atoms in total. The molecule has 0 radical (unpaired) electrons. The van der Waals surface area contributed by atoms with E-state index in [-0.39, 0.29) is 0 Å². The van der Waals surface area contributed by atoms with Gasteiger partial charge in [0.15, 0.2) is 0 Å². The second-order valence-corrected chi connectivity index (χ2v) is 5.17. The summed E-state index contributed by atoms with van der Waals surface area (Å²) in [7, 11) is 0. The summed E-state index contributed by atoms with van der Waals surface area (Å²) in [6.45, 7) is 2.01. The molecule has 1 amide bonds. The lowest BCUT2D eigenvalue weighted by atomic mass is 10.1. The van der Waals surface area contributed by atoms with Crippen molar-refractivity contribution in [3.05, 3.63) is 36.0 Å². The first-order valence-corrected chi connectivity index (χ1v) is 6.90. The third-order valence-electron chi connectivity index (χ3n) is 3.79. The Morgan fingerprint density at radius 2 is 1.77 bits per heavy atom. The minimum atomic E-state index is -4.48. The van der Waals surface area contributed by atoms with E-state index in [4.69, 9.17) is 0 Å². The van der Waals surface area contributed by atoms with Crippen LogP contribution in [0, 0.1) is 0 Å². The van der Waals surface area contributed by atoms with Crippen LogP contribution in [0.3, 0.4) is 0 Å². The number of anilines is 1. The number of halogens is 3. The smallest absolute Gasteiger partial charge is 0.367 e. The molecule has 1 fully saturated rings. The highest BCUT2D eigenvalue weighted by Gasteiger charge is 2.34. The molecule has 22 heavy (non-hydrogen) atoms. The average molecular weight is 309 g/mol. The maximum absolute atomic E-state index is 13.0. The Morgan fingerprint density at radius 1 is 1.09 bits per heavy atom. The Labute approximate surface area is 125 Å². The predicted molar refractivity (Wildman–Crippen MR) is 76.6 cm³/mol. The second kappa shape index (κ2) is 5.47. The summed E-state index contributed by atoms with van der Waals surface area (Å²) in [4.78, 5) is 18.0. The highest BCUT2D eigenvalue weighted by Crippen LogP contribution is 2.34. The molecule has 7 heteroatoms. The molecule has 1 aromatic heterocycles. The lowest BCUT2D eigenvalue weighted by Gasteiger charge is -2.35. The largest absolute Gasteiger partial charge is 0.433 e. The van der Waals surface area contributed by atoms with Gasteiger partial charge in [0.05, 0.1) is 5.52 Å². The van der Waals surface area contributed by atoms with E-state index in [9.17, 15) is 18.0 Å². The Hall–Kier alpha value is -2.31. The lowest BCUT2D eigenvalue weighted by molar-refractivity contribution is -0.140. The van der Waals surface area contributed by atoms with Crippen molar-refractivity contribution in [1.82, 2.24) is 9.88 Å². The zero-order chi connectivity index (χ0) is 15.7. The van der Waals surface area contributed by atoms with Crippen molar-refractivity contribution in [1.29, 1.82) is 0 Å². The van der Waals surface area contributed by atoms with Crippen molar-refractivity contribution in [3.8, 4) is 0 Å². The number of carbonyl (C=O) groups is 1. The van der Waals surface area contributed by atoms with Crippen molar-refractivity contribution < 1.29 is 18.0 Å². The molecule has 116 valence electrons. The number of benzene rings is 1. The number of nitrogens with zero attached hydrogens (tertiary/aromatic N) is 3. The number of fused-ring (bicyclic) bond motifs is 1. The molecule has 2 heterocycles. The summed E-state index contributed by atoms with van der Waals surface area (Å²) < 4.78 is 39.1. The maximum atomic E-state index is 13.0. The lowest BCUT2D eigenvalue weighted by Crippen LogP contribution is -2.45. The van der Waals surface area contributed by atoms with Crippen molar-refractivity contribution in [2.45, 2.75) is 6.18 Å². The van der Waals surface area contributed by atoms with Gasteiger partial charge in [-0.25, -0.2) is 4.98 Å². The zero-order valence-corrected chi connectivity index (χ0v) is 11.7. The number of alkyl halides is 3. The van der Waals surface area contributed by atoms with E-state index in [0.29, 0.717) is 42.8 Å². The number of piperazine rings is 1. The molecule has 3 rings (SSSR count). The van der Waals surface area contributed by atoms with Crippen LogP contribution in [0.5, 0.6) is 0 Å². The standard InChI is InChI=1S/C15H14F3N3O/c16-15(17,18)14-9-13(11-3-1-2-4-12(11)19-14)21-7-5-20(10-22)6-8-21/h1-4,9-10H,5-8H2. The van der Waals surface area contributed by atoms with E-state index in [1.54, 1.807) is 29.2 Å². The van der Waals surface area contributed by atoms with Gasteiger partial charge in [0.2, 0.25) is 6.41 Å². The fourth-order valence-corrected chi connectivity index (χ4v) is 2.63. The summed E-state index contributed by atoms with van der Waals surface area (Å²) >= 11 is 0. The van der Waals surface area contributed by atoms with Crippen LogP contribution in [0.4, 0.5) is 18.9 Å². The van der Waals surface area contributed by atoms with E-state index in [0.717, 1.165) is 12.5 Å². The normalized spacial score (nSPS) is 16.1. The monoisotopic (exact) mass is 309 g/mol. The Kier molecular flexibility index (Phi) is 3.64. The van der Waals surface area contributed by atoms with Crippen LogP contribution in [0.25, 0.3) is 10.9 Å². The Balaban J connectivity index is 2.05. The topological polar surface area (TPSA) is 36.4 Å². The van der Waals surface area contributed by atoms with Gasteiger partial charge in [-0.1, -0.05) is 18.2 Å². The SMILES string of the molecule is O=CN1CCN(c2cc(C(F)(F)F)nc3ccccc23)CC1. The minimum Gasteiger partial charge on any atom is -0.367 e. The summed E-state index contributed by atoms with van der Waals surface area (Å²) in [5.41, 5.74) is -0.0485. The number of para-hydroxylation sites is 1. The third-order valence-corrected chi connectivity index (χ3v) is 3.79. The first-order chi connectivity index (χ1) is 10.5. The minimum absolute atomic E-state index is 0.324. The van der Waals surface area contributed by atoms with Crippen molar-refractivity contribution >= 4 is 23.0 Å². The molecule has 1 saturated heterocycles. The summed E-state index contributed by atoms with van der Waals surface area (Å²) in [5.74, 6) is 0. The number of rotatable bonds is 2. The van der Waals surface area contributed by atoms with Gasteiger partial charge in [0.1, 0.15) is 5.69 Å². The molecule has 0 unspecified atom stereocenters. The molecular formula is C15H14F3N3O. The number of amides is 1. The molecule has 0 saturated carbocycles. The summed E-state index contributed by atoms with van der Waals surface area (Å²) in [6, 6.07) is 7.89. The number of carbonyl (C=O) groups excluding carboxylic acids is 1. The fourth-order valence-electron chi connectivity index (χ4n) is 2.63. The highest BCUT2D eigenvalue weighted by atomic mass is 19.4. The van der Waals surface area contributed by atoms with Crippen LogP contribution >= 0.6 is 0 Å². The molecule has 2 aromatic rings. The first-order valence-electron chi connectivity index (χ1n) is 6.90. The van der Waals surface area contributed by atoms with Crippen LogP contribution in [-0.4, -0.2) is 42.5 Å². The van der Waals surface area contributed by atoms with E-state index in [1.807, 2.05) is 4.90 Å². The van der Waals surface area contributed by atoms with E-state index in [1.165, 1.54) is 0 Å². The number of hydrogen-bond acceptors (Lipinski definition) is 3. The van der Waals surface area contributed by atoms with Crippen molar-refractivity contribution in [2.75, 3.05) is 31.1 Å². The molecule has 0 bridgehead atoms. The fraction of sp³-hybridized carbons (Fsp3) is 0.333. The molecule has 0 atom stereocenters. The van der Waals surface area contributed by atoms with Gasteiger partial charge >= 0.3 is 6.18 Å². The van der Waals surface area contributed by atoms with Gasteiger partial charge in [-0.3, -0.25) is 4.79 Å². The first kappa shape index (κ1) is 14.6. The van der Waals surface area contributed by atoms with Crippen molar-refractivity contribution in [2.24, 2.45) is 0 Å². The van der Waals surface area contributed by atoms with Crippen LogP contribution in [0.1, 0.15) is 5.69 Å². The van der Waals surface area contributed by atoms with Crippen LogP contribution < -0.4 is 4.90 Å².